The number of aryl methyl sites for hydroxylation is 1. The molecule has 0 saturated carbocycles. The first-order valence-corrected chi connectivity index (χ1v) is 9.21. The predicted octanol–water partition coefficient (Wildman–Crippen LogP) is 2.51. The number of nitrogens with one attached hydrogen (secondary N) is 1. The maximum atomic E-state index is 12.6. The topological polar surface area (TPSA) is 84.9 Å². The molecule has 0 aliphatic rings. The average molecular weight is 378 g/mol. The van der Waals surface area contributed by atoms with Crippen molar-refractivity contribution in [2.45, 2.75) is 11.8 Å². The molecule has 0 fully saturated rings. The number of methoxy groups -OCH3 is 2. The number of ether oxygens (including phenoxy) is 2. The van der Waals surface area contributed by atoms with Crippen LogP contribution in [0.3, 0.4) is 0 Å². The maximum Gasteiger partial charge on any atom is 0.255 e. The SMILES string of the molecule is COc1ccc(C(=O)Nc2cc(S(=O)(=O)N(C)C)ccc2C)cc1OC. The minimum absolute atomic E-state index is 0.107. The Hall–Kier alpha value is -2.58. The Labute approximate surface area is 153 Å². The number of hydrogen-bond donors (Lipinski definition) is 1. The number of hydrogen-bond acceptors (Lipinski definition) is 5. The van der Waals surface area contributed by atoms with Gasteiger partial charge in [0.15, 0.2) is 11.5 Å². The summed E-state index contributed by atoms with van der Waals surface area (Å²) in [5, 5.41) is 2.75. The molecule has 26 heavy (non-hydrogen) atoms. The highest BCUT2D eigenvalue weighted by molar-refractivity contribution is 7.89. The molecule has 0 saturated heterocycles. The number of nitrogens with zero attached hydrogens (tertiary/aromatic N) is 1. The quantitative estimate of drug-likeness (QED) is 0.835. The molecule has 2 rings (SSSR count). The minimum atomic E-state index is -3.59. The van der Waals surface area contributed by atoms with Gasteiger partial charge >= 0.3 is 0 Å². The molecular weight excluding hydrogens is 356 g/mol. The van der Waals surface area contributed by atoms with Crippen molar-refractivity contribution in [3.05, 3.63) is 47.5 Å². The Bertz CT molecular complexity index is 923. The average Bonchev–Trinajstić information content (AvgIpc) is 2.62. The summed E-state index contributed by atoms with van der Waals surface area (Å²) >= 11 is 0. The summed E-state index contributed by atoms with van der Waals surface area (Å²) in [6, 6.07) is 9.41. The second-order valence-corrected chi connectivity index (χ2v) is 7.94. The second-order valence-electron chi connectivity index (χ2n) is 5.79. The van der Waals surface area contributed by atoms with Crippen LogP contribution in [0.1, 0.15) is 15.9 Å². The lowest BCUT2D eigenvalue weighted by molar-refractivity contribution is 0.102. The maximum absolute atomic E-state index is 12.6. The molecule has 7 nitrogen and oxygen atoms in total. The number of carbonyl (C=O) groups is 1. The van der Waals surface area contributed by atoms with Gasteiger partial charge in [0.1, 0.15) is 0 Å². The van der Waals surface area contributed by atoms with Crippen LogP contribution >= 0.6 is 0 Å². The zero-order valence-corrected chi connectivity index (χ0v) is 16.2. The Morgan fingerprint density at radius 1 is 1.00 bits per heavy atom. The van der Waals surface area contributed by atoms with Crippen LogP contribution in [-0.4, -0.2) is 46.9 Å². The number of benzene rings is 2. The molecular formula is C18H22N2O5S. The minimum Gasteiger partial charge on any atom is -0.493 e. The van der Waals surface area contributed by atoms with Crippen molar-refractivity contribution < 1.29 is 22.7 Å². The van der Waals surface area contributed by atoms with Gasteiger partial charge in [0.2, 0.25) is 10.0 Å². The third-order valence-corrected chi connectivity index (χ3v) is 5.69. The van der Waals surface area contributed by atoms with Crippen molar-refractivity contribution in [1.29, 1.82) is 0 Å². The van der Waals surface area contributed by atoms with Crippen LogP contribution in [0.2, 0.25) is 0 Å². The van der Waals surface area contributed by atoms with Gasteiger partial charge in [0.25, 0.3) is 5.91 Å². The van der Waals surface area contributed by atoms with Gasteiger partial charge < -0.3 is 14.8 Å². The molecule has 1 amide bonds. The molecule has 2 aromatic carbocycles. The number of carbonyl (C=O) groups excluding carboxylic acids is 1. The van der Waals surface area contributed by atoms with E-state index in [1.807, 2.05) is 0 Å². The largest absolute Gasteiger partial charge is 0.493 e. The molecule has 0 aliphatic carbocycles. The van der Waals surface area contributed by atoms with Gasteiger partial charge in [0, 0.05) is 25.3 Å². The summed E-state index contributed by atoms with van der Waals surface area (Å²) in [4.78, 5) is 12.7. The zero-order chi connectivity index (χ0) is 19.5. The number of anilines is 1. The van der Waals surface area contributed by atoms with E-state index < -0.39 is 10.0 Å². The van der Waals surface area contributed by atoms with Crippen LogP contribution in [0.4, 0.5) is 5.69 Å². The van der Waals surface area contributed by atoms with E-state index in [0.717, 1.165) is 9.87 Å². The van der Waals surface area contributed by atoms with E-state index in [2.05, 4.69) is 5.32 Å². The first-order valence-electron chi connectivity index (χ1n) is 7.77. The predicted molar refractivity (Wildman–Crippen MR) is 99.6 cm³/mol. The molecule has 0 unspecified atom stereocenters. The number of sulfonamides is 1. The van der Waals surface area contributed by atoms with E-state index in [4.69, 9.17) is 9.47 Å². The molecule has 0 atom stereocenters. The molecule has 0 aromatic heterocycles. The Kier molecular flexibility index (Phi) is 5.89. The standard InChI is InChI=1S/C18H22N2O5S/c1-12-6-8-14(26(22,23)20(2)3)11-15(12)19-18(21)13-7-9-16(24-4)17(10-13)25-5/h6-11H,1-5H3,(H,19,21). The molecule has 1 N–H and O–H groups in total. The van der Waals surface area contributed by atoms with E-state index in [0.29, 0.717) is 22.7 Å². The second kappa shape index (κ2) is 7.76. The smallest absolute Gasteiger partial charge is 0.255 e. The van der Waals surface area contributed by atoms with E-state index in [9.17, 15) is 13.2 Å². The Balaban J connectivity index is 2.35. The lowest BCUT2D eigenvalue weighted by Crippen LogP contribution is -2.22. The highest BCUT2D eigenvalue weighted by Crippen LogP contribution is 2.28. The van der Waals surface area contributed by atoms with Crippen molar-refractivity contribution in [3.63, 3.8) is 0 Å². The lowest BCUT2D eigenvalue weighted by atomic mass is 10.1. The molecule has 0 radical (unpaired) electrons. The third kappa shape index (κ3) is 3.97. The van der Waals surface area contributed by atoms with E-state index in [-0.39, 0.29) is 10.8 Å². The Morgan fingerprint density at radius 2 is 1.65 bits per heavy atom. The molecule has 8 heteroatoms. The van der Waals surface area contributed by atoms with Crippen molar-refractivity contribution in [2.75, 3.05) is 33.6 Å². The fraction of sp³-hybridized carbons (Fsp3) is 0.278. The van der Waals surface area contributed by atoms with Crippen molar-refractivity contribution in [2.24, 2.45) is 0 Å². The number of rotatable bonds is 6. The van der Waals surface area contributed by atoms with Gasteiger partial charge in [-0.05, 0) is 42.8 Å². The lowest BCUT2D eigenvalue weighted by Gasteiger charge is -2.15. The summed E-state index contributed by atoms with van der Waals surface area (Å²) in [7, 11) is 2.32. The summed E-state index contributed by atoms with van der Waals surface area (Å²) in [5.74, 6) is 0.563. The van der Waals surface area contributed by atoms with Gasteiger partial charge in [-0.3, -0.25) is 4.79 Å². The van der Waals surface area contributed by atoms with Crippen LogP contribution in [0, 0.1) is 6.92 Å². The molecule has 140 valence electrons. The van der Waals surface area contributed by atoms with Gasteiger partial charge in [-0.25, -0.2) is 12.7 Å². The van der Waals surface area contributed by atoms with Gasteiger partial charge in [-0.15, -0.1) is 0 Å². The third-order valence-electron chi connectivity index (χ3n) is 3.88. The van der Waals surface area contributed by atoms with Crippen LogP contribution in [0.25, 0.3) is 0 Å². The summed E-state index contributed by atoms with van der Waals surface area (Å²) in [6.07, 6.45) is 0. The molecule has 2 aromatic rings. The highest BCUT2D eigenvalue weighted by atomic mass is 32.2. The molecule has 0 aliphatic heterocycles. The van der Waals surface area contributed by atoms with Crippen molar-refractivity contribution in [1.82, 2.24) is 4.31 Å². The molecule has 0 bridgehead atoms. The Morgan fingerprint density at radius 3 is 2.23 bits per heavy atom. The normalized spacial score (nSPS) is 11.3. The van der Waals surface area contributed by atoms with E-state index >= 15 is 0 Å². The zero-order valence-electron chi connectivity index (χ0n) is 15.4. The highest BCUT2D eigenvalue weighted by Gasteiger charge is 2.19. The van der Waals surface area contributed by atoms with E-state index in [1.54, 1.807) is 31.2 Å². The summed E-state index contributed by atoms with van der Waals surface area (Å²) < 4.78 is 36.1. The van der Waals surface area contributed by atoms with Crippen molar-refractivity contribution >= 4 is 21.6 Å². The first-order chi connectivity index (χ1) is 12.2. The summed E-state index contributed by atoms with van der Waals surface area (Å²) in [6.45, 7) is 1.79. The number of amides is 1. The van der Waals surface area contributed by atoms with Gasteiger partial charge in [-0.2, -0.15) is 0 Å². The fourth-order valence-corrected chi connectivity index (χ4v) is 3.21. The van der Waals surface area contributed by atoms with Crippen LogP contribution < -0.4 is 14.8 Å². The van der Waals surface area contributed by atoms with Crippen LogP contribution in [0.15, 0.2) is 41.3 Å². The van der Waals surface area contributed by atoms with Crippen molar-refractivity contribution in [3.8, 4) is 11.5 Å². The van der Waals surface area contributed by atoms with Crippen LogP contribution in [-0.2, 0) is 10.0 Å². The monoisotopic (exact) mass is 378 g/mol. The first kappa shape index (κ1) is 19.7. The van der Waals surface area contributed by atoms with Gasteiger partial charge in [0.05, 0.1) is 19.1 Å². The fourth-order valence-electron chi connectivity index (χ4n) is 2.28. The molecule has 0 spiro atoms. The van der Waals surface area contributed by atoms with E-state index in [1.165, 1.54) is 40.4 Å². The van der Waals surface area contributed by atoms with Crippen LogP contribution in [0.5, 0.6) is 11.5 Å². The van der Waals surface area contributed by atoms with Gasteiger partial charge in [-0.1, -0.05) is 6.07 Å². The molecule has 0 heterocycles. The summed E-state index contributed by atoms with van der Waals surface area (Å²) in [5.41, 5.74) is 1.53.